The number of allylic oxidation sites excluding steroid dienone is 4. The number of para-hydroxylation sites is 3. The lowest BCUT2D eigenvalue weighted by molar-refractivity contribution is 0.585. The van der Waals surface area contributed by atoms with Gasteiger partial charge < -0.3 is 13.6 Å². The molecule has 0 atom stereocenters. The normalized spacial score (nSPS) is 13.4. The number of hydrogen-bond acceptors (Lipinski definition) is 3. The van der Waals surface area contributed by atoms with Gasteiger partial charge in [0.05, 0.1) is 22.1 Å². The predicted molar refractivity (Wildman–Crippen MR) is 175 cm³/mol. The van der Waals surface area contributed by atoms with Crippen LogP contribution in [0.1, 0.15) is 12.8 Å². The number of benzene rings is 5. The Hall–Kier alpha value is -5.68. The van der Waals surface area contributed by atoms with E-state index in [0.717, 1.165) is 46.1 Å². The number of fused-ring (bicyclic) bond motifs is 6. The first-order valence-electron chi connectivity index (χ1n) is 14.7. The molecule has 0 saturated heterocycles. The Kier molecular flexibility index (Phi) is 5.26. The molecule has 0 N–H and O–H groups in total. The van der Waals surface area contributed by atoms with Crippen molar-refractivity contribution in [2.24, 2.45) is 0 Å². The third-order valence-corrected chi connectivity index (χ3v) is 8.56. The molecular weight excluding hydrogens is 528 g/mol. The summed E-state index contributed by atoms with van der Waals surface area (Å²) in [4.78, 5) is 0. The van der Waals surface area contributed by atoms with E-state index in [2.05, 4.69) is 147 Å². The molecule has 0 bridgehead atoms. The smallest absolute Gasteiger partial charge is 0.248 e. The molecule has 5 aromatic carbocycles. The van der Waals surface area contributed by atoms with Crippen LogP contribution >= 0.6 is 0 Å². The summed E-state index contributed by atoms with van der Waals surface area (Å²) in [6.07, 6.45) is 8.64. The van der Waals surface area contributed by atoms with Gasteiger partial charge in [0, 0.05) is 44.1 Å². The lowest BCUT2D eigenvalue weighted by Crippen LogP contribution is -1.98. The van der Waals surface area contributed by atoms with E-state index in [1.807, 2.05) is 6.07 Å². The van der Waals surface area contributed by atoms with Crippen molar-refractivity contribution >= 4 is 49.3 Å². The zero-order valence-electron chi connectivity index (χ0n) is 23.3. The molecule has 0 amide bonds. The summed E-state index contributed by atoms with van der Waals surface area (Å²) in [5, 5.41) is 13.8. The molecule has 0 spiro atoms. The monoisotopic (exact) mass is 554 g/mol. The minimum absolute atomic E-state index is 0.509. The highest BCUT2D eigenvalue weighted by Crippen LogP contribution is 2.38. The highest BCUT2D eigenvalue weighted by molar-refractivity contribution is 6.11. The fourth-order valence-corrected chi connectivity index (χ4v) is 6.61. The third-order valence-electron chi connectivity index (χ3n) is 8.56. The Morgan fingerprint density at radius 3 is 1.93 bits per heavy atom. The largest absolute Gasteiger partial charge is 0.416 e. The molecule has 0 saturated carbocycles. The van der Waals surface area contributed by atoms with Crippen molar-refractivity contribution in [3.05, 3.63) is 133 Å². The molecule has 0 fully saturated rings. The summed E-state index contributed by atoms with van der Waals surface area (Å²) in [5.41, 5.74) is 8.90. The van der Waals surface area contributed by atoms with Gasteiger partial charge in [0.15, 0.2) is 0 Å². The van der Waals surface area contributed by atoms with E-state index in [1.54, 1.807) is 0 Å². The minimum Gasteiger partial charge on any atom is -0.416 e. The highest BCUT2D eigenvalue weighted by Gasteiger charge is 2.18. The van der Waals surface area contributed by atoms with Gasteiger partial charge in [-0.3, -0.25) is 0 Å². The SMILES string of the molecule is C1=CCCC(n2c3ccccc3c3ccc(-c4nnc(-c5ccc6c(c5)c5ccccc5n6-c5ccccc5)o4)cc32)=C1. The second kappa shape index (κ2) is 9.43. The van der Waals surface area contributed by atoms with Gasteiger partial charge in [0.1, 0.15) is 0 Å². The van der Waals surface area contributed by atoms with Crippen molar-refractivity contribution in [3.8, 4) is 28.6 Å². The Morgan fingerprint density at radius 2 is 1.16 bits per heavy atom. The topological polar surface area (TPSA) is 48.8 Å². The lowest BCUT2D eigenvalue weighted by Gasteiger charge is -2.14. The predicted octanol–water partition coefficient (Wildman–Crippen LogP) is 9.80. The quantitative estimate of drug-likeness (QED) is 0.218. The van der Waals surface area contributed by atoms with Crippen molar-refractivity contribution in [1.82, 2.24) is 19.3 Å². The van der Waals surface area contributed by atoms with Gasteiger partial charge in [-0.25, -0.2) is 0 Å². The maximum Gasteiger partial charge on any atom is 0.248 e. The van der Waals surface area contributed by atoms with E-state index in [-0.39, 0.29) is 0 Å². The van der Waals surface area contributed by atoms with Crippen LogP contribution in [0.25, 0.3) is 77.9 Å². The first-order valence-corrected chi connectivity index (χ1v) is 14.7. The van der Waals surface area contributed by atoms with Crippen LogP contribution in [0, 0.1) is 0 Å². The van der Waals surface area contributed by atoms with E-state index < -0.39 is 0 Å². The van der Waals surface area contributed by atoms with Crippen molar-refractivity contribution in [2.75, 3.05) is 0 Å². The van der Waals surface area contributed by atoms with Gasteiger partial charge in [-0.15, -0.1) is 10.2 Å². The fraction of sp³-hybridized carbons (Fsp3) is 0.0526. The first-order chi connectivity index (χ1) is 21.3. The molecular formula is C38H26N4O. The highest BCUT2D eigenvalue weighted by atomic mass is 16.4. The molecule has 43 heavy (non-hydrogen) atoms. The second-order valence-corrected chi connectivity index (χ2v) is 11.0. The van der Waals surface area contributed by atoms with Crippen molar-refractivity contribution in [2.45, 2.75) is 12.8 Å². The summed E-state index contributed by atoms with van der Waals surface area (Å²) in [6.45, 7) is 0. The molecule has 0 aliphatic heterocycles. The maximum absolute atomic E-state index is 6.35. The van der Waals surface area contributed by atoms with Crippen LogP contribution in [0.2, 0.25) is 0 Å². The van der Waals surface area contributed by atoms with Gasteiger partial charge in [0.25, 0.3) is 0 Å². The van der Waals surface area contributed by atoms with Crippen molar-refractivity contribution in [1.29, 1.82) is 0 Å². The second-order valence-electron chi connectivity index (χ2n) is 11.0. The van der Waals surface area contributed by atoms with Crippen LogP contribution < -0.4 is 0 Å². The summed E-state index contributed by atoms with van der Waals surface area (Å²) in [7, 11) is 0. The zero-order chi connectivity index (χ0) is 28.3. The van der Waals surface area contributed by atoms with E-state index >= 15 is 0 Å². The number of hydrogen-bond donors (Lipinski definition) is 0. The van der Waals surface area contributed by atoms with Gasteiger partial charge in [-0.2, -0.15) is 0 Å². The molecule has 5 nitrogen and oxygen atoms in total. The van der Waals surface area contributed by atoms with E-state index in [9.17, 15) is 0 Å². The van der Waals surface area contributed by atoms with Crippen LogP contribution in [0.15, 0.2) is 138 Å². The molecule has 1 aliphatic rings. The van der Waals surface area contributed by atoms with E-state index in [4.69, 9.17) is 4.42 Å². The molecule has 5 heteroatoms. The first kappa shape index (κ1) is 24.0. The van der Waals surface area contributed by atoms with Crippen LogP contribution in [-0.4, -0.2) is 19.3 Å². The maximum atomic E-state index is 6.35. The average Bonchev–Trinajstić information content (AvgIpc) is 3.78. The van der Waals surface area contributed by atoms with Crippen molar-refractivity contribution < 1.29 is 4.42 Å². The molecule has 0 radical (unpaired) electrons. The lowest BCUT2D eigenvalue weighted by atomic mass is 10.1. The molecule has 3 aromatic heterocycles. The minimum atomic E-state index is 0.509. The fourth-order valence-electron chi connectivity index (χ4n) is 6.61. The molecule has 3 heterocycles. The van der Waals surface area contributed by atoms with Crippen LogP contribution in [0.4, 0.5) is 0 Å². The molecule has 0 unspecified atom stereocenters. The van der Waals surface area contributed by atoms with Gasteiger partial charge >= 0.3 is 0 Å². The third kappa shape index (κ3) is 3.71. The molecule has 9 rings (SSSR count). The van der Waals surface area contributed by atoms with Crippen molar-refractivity contribution in [3.63, 3.8) is 0 Å². The van der Waals surface area contributed by atoms with Crippen LogP contribution in [-0.2, 0) is 0 Å². The van der Waals surface area contributed by atoms with Gasteiger partial charge in [-0.05, 0) is 73.5 Å². The number of rotatable bonds is 4. The summed E-state index contributed by atoms with van der Waals surface area (Å²) in [5.74, 6) is 1.02. The van der Waals surface area contributed by atoms with Gasteiger partial charge in [0.2, 0.25) is 11.8 Å². The standard InChI is InChI=1S/C38H26N4O/c1-3-11-27(12-4-1)41-34-18-10-8-16-30(34)32-23-25(20-22-35(32)41)37-39-40-38(43-37)26-19-21-31-29-15-7-9-17-33(29)42(36(31)24-26)28-13-5-2-6-14-28/h1-5,7-13,15-24H,6,14H2. The Morgan fingerprint density at radius 1 is 0.535 bits per heavy atom. The Balaban J connectivity index is 1.17. The van der Waals surface area contributed by atoms with Crippen LogP contribution in [0.3, 0.4) is 0 Å². The number of aromatic nitrogens is 4. The molecule has 204 valence electrons. The van der Waals surface area contributed by atoms with E-state index in [1.165, 1.54) is 32.9 Å². The van der Waals surface area contributed by atoms with E-state index in [0.29, 0.717) is 11.8 Å². The molecule has 1 aliphatic carbocycles. The average molecular weight is 555 g/mol. The Labute approximate surface area is 247 Å². The molecule has 8 aromatic rings. The summed E-state index contributed by atoms with van der Waals surface area (Å²) < 4.78 is 11.0. The zero-order valence-corrected chi connectivity index (χ0v) is 23.3. The Bertz CT molecular complexity index is 2400. The van der Waals surface area contributed by atoms with Crippen LogP contribution in [0.5, 0.6) is 0 Å². The summed E-state index contributed by atoms with van der Waals surface area (Å²) >= 11 is 0. The number of nitrogens with zero attached hydrogens (tertiary/aromatic N) is 4. The van der Waals surface area contributed by atoms with Gasteiger partial charge in [-0.1, -0.05) is 72.8 Å². The summed E-state index contributed by atoms with van der Waals surface area (Å²) in [6, 6.07) is 40.4.